The molecule has 4 heteroatoms. The largest absolute Gasteiger partial charge is 0.508 e. The average molecular weight is 711 g/mol. The quantitative estimate of drug-likeness (QED) is 0.177. The van der Waals surface area contributed by atoms with Crippen molar-refractivity contribution in [2.75, 3.05) is 0 Å². The van der Waals surface area contributed by atoms with Crippen LogP contribution in [0, 0.1) is 40.9 Å². The van der Waals surface area contributed by atoms with Crippen molar-refractivity contribution in [3.63, 3.8) is 0 Å². The van der Waals surface area contributed by atoms with Gasteiger partial charge in [-0.15, -0.1) is 0 Å². The van der Waals surface area contributed by atoms with Crippen molar-refractivity contribution < 1.29 is 19.4 Å². The van der Waals surface area contributed by atoms with Gasteiger partial charge in [0.15, 0.2) is 0 Å². The molecule has 286 valence electrons. The molecule has 0 radical (unpaired) electrons. The van der Waals surface area contributed by atoms with Gasteiger partial charge in [-0.1, -0.05) is 77.9 Å². The van der Waals surface area contributed by atoms with Crippen LogP contribution in [0.25, 0.3) is 10.8 Å². The van der Waals surface area contributed by atoms with Crippen LogP contribution in [-0.2, 0) is 9.53 Å². The molecule has 52 heavy (non-hydrogen) atoms. The molecule has 0 aliphatic heterocycles. The molecular formula is C48H70O4. The maximum atomic E-state index is 12.7. The number of ether oxygens (including phenoxy) is 2. The lowest BCUT2D eigenvalue weighted by atomic mass is 9.65. The Bertz CT molecular complexity index is 1630. The number of hydrogen-bond acceptors (Lipinski definition) is 4. The zero-order chi connectivity index (χ0) is 38.0. The number of hydrogen-bond donors (Lipinski definition) is 1. The van der Waals surface area contributed by atoms with E-state index < -0.39 is 0 Å². The highest BCUT2D eigenvalue weighted by molar-refractivity contribution is 5.84. The summed E-state index contributed by atoms with van der Waals surface area (Å²) in [5.41, 5.74) is 2.19. The topological polar surface area (TPSA) is 55.8 Å². The fraction of sp³-hybridized carbons (Fsp3) is 0.646. The maximum Gasteiger partial charge on any atom is 0.312 e. The summed E-state index contributed by atoms with van der Waals surface area (Å²) >= 11 is 0. The summed E-state index contributed by atoms with van der Waals surface area (Å²) in [5, 5.41) is 11.7. The first-order chi connectivity index (χ1) is 24.5. The van der Waals surface area contributed by atoms with Gasteiger partial charge in [-0.3, -0.25) is 4.79 Å². The van der Waals surface area contributed by atoms with E-state index in [1.165, 1.54) is 48.6 Å². The average Bonchev–Trinajstić information content (AvgIpc) is 3.92. The molecule has 7 rings (SSSR count). The van der Waals surface area contributed by atoms with Crippen LogP contribution >= 0.6 is 0 Å². The minimum Gasteiger partial charge on any atom is -0.508 e. The summed E-state index contributed by atoms with van der Waals surface area (Å²) in [6, 6.07) is 20.4. The smallest absolute Gasteiger partial charge is 0.312 e. The Morgan fingerprint density at radius 3 is 1.94 bits per heavy atom. The molecule has 0 amide bonds. The van der Waals surface area contributed by atoms with Crippen LogP contribution in [0.1, 0.15) is 157 Å². The van der Waals surface area contributed by atoms with Gasteiger partial charge in [-0.05, 0) is 180 Å². The molecule has 9 atom stereocenters. The molecule has 4 saturated carbocycles. The van der Waals surface area contributed by atoms with E-state index in [1.54, 1.807) is 12.1 Å². The van der Waals surface area contributed by atoms with Crippen LogP contribution in [0.4, 0.5) is 0 Å². The molecule has 4 nitrogen and oxygen atoms in total. The van der Waals surface area contributed by atoms with Crippen molar-refractivity contribution in [2.24, 2.45) is 40.9 Å². The van der Waals surface area contributed by atoms with E-state index >= 15 is 0 Å². The minimum atomic E-state index is -0.335. The monoisotopic (exact) mass is 711 g/mol. The van der Waals surface area contributed by atoms with Gasteiger partial charge >= 0.3 is 5.97 Å². The highest BCUT2D eigenvalue weighted by Crippen LogP contribution is 2.71. The van der Waals surface area contributed by atoms with Crippen molar-refractivity contribution in [2.45, 2.75) is 157 Å². The summed E-state index contributed by atoms with van der Waals surface area (Å²) < 4.78 is 12.1. The predicted octanol–water partition coefficient (Wildman–Crippen LogP) is 13.3. The molecule has 4 fully saturated rings. The SMILES string of the molecule is CCC(C)(C)C(=O)OC1(CC)CC2CC1C1C3CCC(C3)C21.CCC(C)c1ccc(OC(C)(C)C)cc1.CCC(C)c1ccc2cc(O)ccc2c1. The first-order valence-corrected chi connectivity index (χ1v) is 20.8. The fourth-order valence-electron chi connectivity index (χ4n) is 10.0. The van der Waals surface area contributed by atoms with Gasteiger partial charge in [0, 0.05) is 5.92 Å². The Balaban J connectivity index is 0.000000156. The molecule has 4 aliphatic carbocycles. The molecule has 4 aliphatic rings. The standard InChI is InChI=1S/C20H32O2.C14H16O.C14H22O/c1-5-19(3,4)18(21)22-20(6-2)11-14-10-15(20)17-13-8-7-12(9-13)16(14)17;1-3-10(2)11-4-5-13-9-14(15)7-6-12(13)8-11;1-6-11(2)12-7-9-13(10-8-12)15-14(3,4)5/h12-17H,5-11H2,1-4H3;4-10,15H,3H2,1-2H3;7-11H,6H2,1-5H3. The van der Waals surface area contributed by atoms with Gasteiger partial charge in [0.05, 0.1) is 5.41 Å². The fourth-order valence-corrected chi connectivity index (χ4v) is 10.0. The number of phenols is 1. The Labute approximate surface area is 316 Å². The van der Waals surface area contributed by atoms with E-state index in [9.17, 15) is 9.90 Å². The van der Waals surface area contributed by atoms with Crippen LogP contribution in [0.15, 0.2) is 60.7 Å². The lowest BCUT2D eigenvalue weighted by Gasteiger charge is -2.46. The summed E-state index contributed by atoms with van der Waals surface area (Å²) in [6.07, 6.45) is 11.1. The molecule has 0 spiro atoms. The van der Waals surface area contributed by atoms with Gasteiger partial charge in [0.25, 0.3) is 0 Å². The van der Waals surface area contributed by atoms with Crippen molar-refractivity contribution in [3.8, 4) is 11.5 Å². The molecule has 0 heterocycles. The van der Waals surface area contributed by atoms with E-state index in [4.69, 9.17) is 9.47 Å². The lowest BCUT2D eigenvalue weighted by Crippen LogP contribution is -2.49. The van der Waals surface area contributed by atoms with Crippen molar-refractivity contribution in [1.82, 2.24) is 0 Å². The number of rotatable bonds is 9. The Hall–Kier alpha value is -3.01. The maximum absolute atomic E-state index is 12.7. The van der Waals surface area contributed by atoms with Crippen molar-refractivity contribution in [1.29, 1.82) is 0 Å². The third kappa shape index (κ3) is 8.68. The number of phenolic OH excluding ortho intramolecular Hbond substituents is 1. The lowest BCUT2D eigenvalue weighted by molar-refractivity contribution is -0.183. The molecular weight excluding hydrogens is 641 g/mol. The molecule has 4 bridgehead atoms. The van der Waals surface area contributed by atoms with Crippen LogP contribution < -0.4 is 4.74 Å². The van der Waals surface area contributed by atoms with Crippen molar-refractivity contribution in [3.05, 3.63) is 71.8 Å². The third-order valence-corrected chi connectivity index (χ3v) is 13.7. The number of carbonyl (C=O) groups is 1. The van der Waals surface area contributed by atoms with Gasteiger partial charge in [0.2, 0.25) is 0 Å². The van der Waals surface area contributed by atoms with Gasteiger partial charge in [-0.25, -0.2) is 0 Å². The zero-order valence-corrected chi connectivity index (χ0v) is 34.4. The third-order valence-electron chi connectivity index (χ3n) is 13.7. The Morgan fingerprint density at radius 2 is 1.35 bits per heavy atom. The summed E-state index contributed by atoms with van der Waals surface area (Å²) in [6.45, 7) is 23.5. The van der Waals surface area contributed by atoms with Crippen LogP contribution in [0.5, 0.6) is 11.5 Å². The second-order valence-corrected chi connectivity index (χ2v) is 18.5. The molecule has 9 unspecified atom stereocenters. The van der Waals surface area contributed by atoms with Crippen LogP contribution in [0.2, 0.25) is 0 Å². The number of benzene rings is 3. The van der Waals surface area contributed by atoms with Crippen LogP contribution in [-0.4, -0.2) is 22.3 Å². The number of esters is 1. The predicted molar refractivity (Wildman–Crippen MR) is 217 cm³/mol. The first kappa shape index (κ1) is 40.2. The molecule has 0 aromatic heterocycles. The second-order valence-electron chi connectivity index (χ2n) is 18.5. The molecule has 1 N–H and O–H groups in total. The first-order valence-electron chi connectivity index (χ1n) is 20.8. The van der Waals surface area contributed by atoms with Gasteiger partial charge in [0.1, 0.15) is 22.7 Å². The number of fused-ring (bicyclic) bond motifs is 10. The van der Waals surface area contributed by atoms with E-state index in [0.29, 0.717) is 23.5 Å². The van der Waals surface area contributed by atoms with Gasteiger partial charge < -0.3 is 14.6 Å². The molecule has 0 saturated heterocycles. The normalized spacial score (nSPS) is 28.3. The highest BCUT2D eigenvalue weighted by atomic mass is 16.6. The summed E-state index contributed by atoms with van der Waals surface area (Å²) in [7, 11) is 0. The van der Waals surface area contributed by atoms with Crippen LogP contribution in [0.3, 0.4) is 0 Å². The van der Waals surface area contributed by atoms with Gasteiger partial charge in [-0.2, -0.15) is 0 Å². The van der Waals surface area contributed by atoms with Crippen molar-refractivity contribution >= 4 is 16.7 Å². The molecule has 3 aromatic rings. The highest BCUT2D eigenvalue weighted by Gasteiger charge is 2.68. The van der Waals surface area contributed by atoms with E-state index in [0.717, 1.165) is 66.4 Å². The van der Waals surface area contributed by atoms with E-state index in [2.05, 4.69) is 105 Å². The Morgan fingerprint density at radius 1 is 0.769 bits per heavy atom. The second kappa shape index (κ2) is 16.2. The minimum absolute atomic E-state index is 0.0455. The van der Waals surface area contributed by atoms with E-state index in [-0.39, 0.29) is 22.6 Å². The summed E-state index contributed by atoms with van der Waals surface area (Å²) in [5.74, 6) is 7.92. The molecule has 3 aromatic carbocycles. The Kier molecular flexibility index (Phi) is 12.5. The zero-order valence-electron chi connectivity index (χ0n) is 34.4. The van der Waals surface area contributed by atoms with E-state index in [1.807, 2.05) is 19.9 Å². The summed E-state index contributed by atoms with van der Waals surface area (Å²) in [4.78, 5) is 12.7. The number of aromatic hydroxyl groups is 1. The number of carbonyl (C=O) groups excluding carboxylic acids is 1.